The predicted octanol–water partition coefficient (Wildman–Crippen LogP) is 5.35. The summed E-state index contributed by atoms with van der Waals surface area (Å²) in [7, 11) is 0. The van der Waals surface area contributed by atoms with Gasteiger partial charge in [0.05, 0.1) is 39.3 Å². The molecule has 36 heavy (non-hydrogen) atoms. The van der Waals surface area contributed by atoms with Crippen molar-refractivity contribution in [2.24, 2.45) is 4.99 Å². The van der Waals surface area contributed by atoms with Crippen molar-refractivity contribution in [3.63, 3.8) is 0 Å². The highest BCUT2D eigenvalue weighted by atomic mass is 35.5. The first-order chi connectivity index (χ1) is 17.1. The van der Waals surface area contributed by atoms with Crippen molar-refractivity contribution in [3.8, 4) is 17.0 Å². The Balaban J connectivity index is 1.69. The summed E-state index contributed by atoms with van der Waals surface area (Å²) in [5, 5.41) is 3.13. The third-order valence-corrected chi connectivity index (χ3v) is 6.44. The maximum absolute atomic E-state index is 14.0. The maximum atomic E-state index is 14.0. The third-order valence-electron chi connectivity index (χ3n) is 6.05. The Bertz CT molecular complexity index is 1440. The highest BCUT2D eigenvalue weighted by Gasteiger charge is 2.39. The Morgan fingerprint density at radius 2 is 1.97 bits per heavy atom. The molecule has 0 spiro atoms. The zero-order chi connectivity index (χ0) is 25.8. The molecule has 186 valence electrons. The van der Waals surface area contributed by atoms with Crippen LogP contribution in [0.4, 0.5) is 30.4 Å². The Kier molecular flexibility index (Phi) is 5.67. The zero-order valence-electron chi connectivity index (χ0n) is 19.2. The molecule has 0 bridgehead atoms. The smallest absolute Gasteiger partial charge is 0.418 e. The Morgan fingerprint density at radius 1 is 1.19 bits per heavy atom. The van der Waals surface area contributed by atoms with Gasteiger partial charge in [0.2, 0.25) is 0 Å². The number of amidine groups is 1. The van der Waals surface area contributed by atoms with Crippen LogP contribution in [0.1, 0.15) is 35.2 Å². The average Bonchev–Trinajstić information content (AvgIpc) is 2.99. The van der Waals surface area contributed by atoms with Crippen LogP contribution in [0.3, 0.4) is 0 Å². The molecule has 8 nitrogen and oxygen atoms in total. The van der Waals surface area contributed by atoms with E-state index in [0.717, 1.165) is 5.56 Å². The first-order valence-electron chi connectivity index (χ1n) is 10.9. The molecule has 2 aliphatic heterocycles. The van der Waals surface area contributed by atoms with Gasteiger partial charge in [-0.2, -0.15) is 13.2 Å². The normalized spacial score (nSPS) is 15.4. The number of anilines is 3. The van der Waals surface area contributed by atoms with Crippen LogP contribution in [-0.2, 0) is 6.18 Å². The molecule has 2 aromatic heterocycles. The first kappa shape index (κ1) is 23.7. The quantitative estimate of drug-likeness (QED) is 0.431. The molecule has 0 saturated heterocycles. The number of halogens is 4. The monoisotopic (exact) mass is 515 g/mol. The van der Waals surface area contributed by atoms with Crippen LogP contribution in [0.25, 0.3) is 11.3 Å². The average molecular weight is 516 g/mol. The number of nitrogens with zero attached hydrogens (tertiary/aromatic N) is 4. The van der Waals surface area contributed by atoms with Gasteiger partial charge in [-0.25, -0.2) is 9.98 Å². The Hall–Kier alpha value is -3.99. The zero-order valence-corrected chi connectivity index (χ0v) is 19.9. The number of aryl methyl sites for hydroxylation is 1. The minimum Gasteiger partial charge on any atom is -0.463 e. The van der Waals surface area contributed by atoms with E-state index in [9.17, 15) is 13.2 Å². The van der Waals surface area contributed by atoms with Crippen molar-refractivity contribution in [2.45, 2.75) is 26.1 Å². The first-order valence-corrected chi connectivity index (χ1v) is 11.3. The largest absolute Gasteiger partial charge is 0.463 e. The van der Waals surface area contributed by atoms with Gasteiger partial charge in [-0.1, -0.05) is 11.6 Å². The summed E-state index contributed by atoms with van der Waals surface area (Å²) in [4.78, 5) is 14.7. The molecule has 0 fully saturated rings. The fraction of sp³-hybridized carbons (Fsp3) is 0.208. The van der Waals surface area contributed by atoms with E-state index in [4.69, 9.17) is 27.8 Å². The van der Waals surface area contributed by atoms with Crippen molar-refractivity contribution < 1.29 is 17.9 Å². The number of benzene rings is 1. The summed E-state index contributed by atoms with van der Waals surface area (Å²) in [5.74, 6) is 0.743. The summed E-state index contributed by atoms with van der Waals surface area (Å²) < 4.78 is 47.9. The number of nitrogens with one attached hydrogen (secondary N) is 1. The van der Waals surface area contributed by atoms with Crippen molar-refractivity contribution in [1.82, 2.24) is 14.9 Å². The molecule has 12 heteroatoms. The van der Waals surface area contributed by atoms with Gasteiger partial charge in [-0.3, -0.25) is 4.98 Å². The second-order valence-corrected chi connectivity index (χ2v) is 8.80. The molecule has 5 N–H and O–H groups in total. The van der Waals surface area contributed by atoms with Crippen molar-refractivity contribution in [1.29, 1.82) is 0 Å². The molecule has 5 rings (SSSR count). The van der Waals surface area contributed by atoms with Crippen molar-refractivity contribution >= 4 is 34.6 Å². The molecule has 0 aliphatic carbocycles. The fourth-order valence-electron chi connectivity index (χ4n) is 4.44. The van der Waals surface area contributed by atoms with Crippen LogP contribution in [0, 0.1) is 6.92 Å². The molecule has 2 aliphatic rings. The van der Waals surface area contributed by atoms with E-state index in [2.05, 4.69) is 20.3 Å². The van der Waals surface area contributed by atoms with E-state index >= 15 is 0 Å². The molecule has 1 aromatic carbocycles. The molecule has 0 radical (unpaired) electrons. The van der Waals surface area contributed by atoms with Crippen LogP contribution < -0.4 is 21.5 Å². The number of nitrogens with two attached hydrogens (primary N) is 2. The van der Waals surface area contributed by atoms with Gasteiger partial charge in [0.25, 0.3) is 0 Å². The van der Waals surface area contributed by atoms with Crippen LogP contribution in [0.15, 0.2) is 48.0 Å². The van der Waals surface area contributed by atoms with Gasteiger partial charge >= 0.3 is 6.18 Å². The minimum atomic E-state index is -4.67. The number of aliphatic imine (C=N–C) groups is 1. The van der Waals surface area contributed by atoms with E-state index in [1.54, 1.807) is 18.6 Å². The molecule has 0 saturated carbocycles. The van der Waals surface area contributed by atoms with Crippen molar-refractivity contribution in [3.05, 3.63) is 70.3 Å². The minimum absolute atomic E-state index is 0.0387. The number of nitrogen functional groups attached to an aromatic ring is 2. The van der Waals surface area contributed by atoms with Crippen LogP contribution in [0.5, 0.6) is 5.75 Å². The number of hydrogen-bond donors (Lipinski definition) is 3. The van der Waals surface area contributed by atoms with Crippen molar-refractivity contribution in [2.75, 3.05) is 23.5 Å². The van der Waals surface area contributed by atoms with Gasteiger partial charge in [-0.15, -0.1) is 0 Å². The molecule has 0 amide bonds. The van der Waals surface area contributed by atoms with Gasteiger partial charge in [0.1, 0.15) is 30.3 Å². The lowest BCUT2D eigenvalue weighted by molar-refractivity contribution is -0.137. The van der Waals surface area contributed by atoms with Gasteiger partial charge < -0.3 is 26.4 Å². The lowest BCUT2D eigenvalue weighted by Gasteiger charge is -2.32. The SMILES string of the molecule is Cc1cc(N)nc(-c2cc3c4c(c2Cl)NCN=C4N(C(C)c2cncc(N)c2)C=CO3)c1C(F)(F)F. The van der Waals surface area contributed by atoms with E-state index in [-0.39, 0.29) is 46.1 Å². The Labute approximate surface area is 209 Å². The Morgan fingerprint density at radius 3 is 2.69 bits per heavy atom. The van der Waals surface area contributed by atoms with Gasteiger partial charge in [-0.05, 0) is 43.2 Å². The topological polar surface area (TPSA) is 115 Å². The summed E-state index contributed by atoms with van der Waals surface area (Å²) >= 11 is 6.74. The van der Waals surface area contributed by atoms with E-state index in [1.165, 1.54) is 25.3 Å². The molecular formula is C24H21ClF3N7O. The van der Waals surface area contributed by atoms with E-state index in [1.807, 2.05) is 17.9 Å². The number of hydrogen-bond acceptors (Lipinski definition) is 8. The second kappa shape index (κ2) is 8.59. The fourth-order valence-corrected chi connectivity index (χ4v) is 4.74. The summed E-state index contributed by atoms with van der Waals surface area (Å²) in [6.07, 6.45) is 1.71. The third kappa shape index (κ3) is 3.95. The molecule has 1 unspecified atom stereocenters. The van der Waals surface area contributed by atoms with E-state index in [0.29, 0.717) is 22.8 Å². The highest BCUT2D eigenvalue weighted by molar-refractivity contribution is 6.37. The molecule has 3 aromatic rings. The van der Waals surface area contributed by atoms with Gasteiger partial charge in [0, 0.05) is 24.2 Å². The lowest BCUT2D eigenvalue weighted by atomic mass is 9.96. The summed E-state index contributed by atoms with van der Waals surface area (Å²) in [5.41, 5.74) is 12.7. The molecular weight excluding hydrogens is 495 g/mol. The highest BCUT2D eigenvalue weighted by Crippen LogP contribution is 2.48. The molecule has 4 heterocycles. The predicted molar refractivity (Wildman–Crippen MR) is 133 cm³/mol. The lowest BCUT2D eigenvalue weighted by Crippen LogP contribution is -2.32. The van der Waals surface area contributed by atoms with Crippen LogP contribution >= 0.6 is 11.6 Å². The van der Waals surface area contributed by atoms with E-state index < -0.39 is 11.7 Å². The maximum Gasteiger partial charge on any atom is 0.418 e. The van der Waals surface area contributed by atoms with Crippen LogP contribution in [-0.4, -0.2) is 27.4 Å². The molecule has 1 atom stereocenters. The number of ether oxygens (including phenoxy) is 1. The number of rotatable bonds is 3. The van der Waals surface area contributed by atoms with Gasteiger partial charge in [0.15, 0.2) is 0 Å². The second-order valence-electron chi connectivity index (χ2n) is 8.43. The number of pyridine rings is 2. The van der Waals surface area contributed by atoms with Crippen LogP contribution in [0.2, 0.25) is 5.02 Å². The number of alkyl halides is 3. The summed E-state index contributed by atoms with van der Waals surface area (Å²) in [6.45, 7) is 3.42. The number of aromatic nitrogens is 2. The summed E-state index contributed by atoms with van der Waals surface area (Å²) in [6, 6.07) is 4.18. The standard InChI is InChI=1S/C24H21ClF3N7O/c1-11-5-17(30)34-21(19(11)24(26,27)28)15-7-16-18-22(20(15)25)32-10-33-23(18)35(3-4-36-16)12(2)13-6-14(29)9-31-8-13/h3-9,12,32H,10,29H2,1-2H3,(H2,30,34).